The van der Waals surface area contributed by atoms with Crippen molar-refractivity contribution in [3.8, 4) is 0 Å². The number of carbonyl (C=O) groups excluding carboxylic acids is 2. The molecule has 1 aliphatic rings. The first kappa shape index (κ1) is 14.9. The lowest BCUT2D eigenvalue weighted by atomic mass is 10.0. The molecule has 1 unspecified atom stereocenters. The Kier molecular flexibility index (Phi) is 7.36. The first-order valence-electron chi connectivity index (χ1n) is 6.21. The molecule has 0 spiro atoms. The Morgan fingerprint density at radius 3 is 2.61 bits per heavy atom. The fourth-order valence-corrected chi connectivity index (χ4v) is 1.59. The van der Waals surface area contributed by atoms with Crippen molar-refractivity contribution in [2.24, 2.45) is 5.92 Å². The van der Waals surface area contributed by atoms with Gasteiger partial charge < -0.3 is 18.9 Å². The SMILES string of the molecule is CCOC(=O)C1CCOCCOCCOC(=O)C1. The minimum Gasteiger partial charge on any atom is -0.466 e. The maximum Gasteiger partial charge on any atom is 0.309 e. The summed E-state index contributed by atoms with van der Waals surface area (Å²) in [5.41, 5.74) is 0. The molecule has 0 amide bonds. The average Bonchev–Trinajstić information content (AvgIpc) is 2.33. The summed E-state index contributed by atoms with van der Waals surface area (Å²) in [6, 6.07) is 0. The summed E-state index contributed by atoms with van der Waals surface area (Å²) in [6.07, 6.45) is 0.482. The summed E-state index contributed by atoms with van der Waals surface area (Å²) >= 11 is 0. The molecule has 0 radical (unpaired) electrons. The van der Waals surface area contributed by atoms with Crippen molar-refractivity contribution in [2.75, 3.05) is 39.6 Å². The molecule has 1 atom stereocenters. The van der Waals surface area contributed by atoms with E-state index in [4.69, 9.17) is 18.9 Å². The second-order valence-corrected chi connectivity index (χ2v) is 3.89. The van der Waals surface area contributed by atoms with Crippen LogP contribution >= 0.6 is 0 Å². The number of hydrogen-bond acceptors (Lipinski definition) is 6. The predicted octanol–water partition coefficient (Wildman–Crippen LogP) is 0.536. The molecule has 0 bridgehead atoms. The van der Waals surface area contributed by atoms with Gasteiger partial charge in [-0.15, -0.1) is 0 Å². The van der Waals surface area contributed by atoms with Gasteiger partial charge in [0.1, 0.15) is 6.61 Å². The van der Waals surface area contributed by atoms with Crippen molar-refractivity contribution < 1.29 is 28.5 Å². The molecule has 0 N–H and O–H groups in total. The average molecular weight is 260 g/mol. The van der Waals surface area contributed by atoms with Crippen LogP contribution in [0.4, 0.5) is 0 Å². The Morgan fingerprint density at radius 2 is 1.89 bits per heavy atom. The molecule has 0 aliphatic carbocycles. The van der Waals surface area contributed by atoms with Crippen molar-refractivity contribution in [3.05, 3.63) is 0 Å². The summed E-state index contributed by atoms with van der Waals surface area (Å²) in [5, 5.41) is 0. The Bertz CT molecular complexity index is 265. The van der Waals surface area contributed by atoms with Gasteiger partial charge in [-0.3, -0.25) is 9.59 Å². The van der Waals surface area contributed by atoms with Gasteiger partial charge in [-0.05, 0) is 13.3 Å². The van der Waals surface area contributed by atoms with Crippen molar-refractivity contribution in [2.45, 2.75) is 19.8 Å². The highest BCUT2D eigenvalue weighted by Gasteiger charge is 2.24. The minimum atomic E-state index is -0.488. The minimum absolute atomic E-state index is 0.0300. The van der Waals surface area contributed by atoms with E-state index in [0.29, 0.717) is 39.5 Å². The van der Waals surface area contributed by atoms with Gasteiger partial charge >= 0.3 is 11.9 Å². The molecule has 0 saturated carbocycles. The third-order valence-corrected chi connectivity index (χ3v) is 2.51. The van der Waals surface area contributed by atoms with Crippen LogP contribution in [0.25, 0.3) is 0 Å². The van der Waals surface area contributed by atoms with Gasteiger partial charge in [-0.2, -0.15) is 0 Å². The zero-order valence-electron chi connectivity index (χ0n) is 10.7. The van der Waals surface area contributed by atoms with Gasteiger partial charge in [-0.25, -0.2) is 0 Å². The van der Waals surface area contributed by atoms with E-state index >= 15 is 0 Å². The molecule has 1 heterocycles. The van der Waals surface area contributed by atoms with Crippen LogP contribution in [0.2, 0.25) is 0 Å². The van der Waals surface area contributed by atoms with E-state index in [1.807, 2.05) is 0 Å². The van der Waals surface area contributed by atoms with Crippen LogP contribution in [0, 0.1) is 5.92 Å². The van der Waals surface area contributed by atoms with E-state index in [0.717, 1.165) is 0 Å². The van der Waals surface area contributed by atoms with Crippen LogP contribution in [0.3, 0.4) is 0 Å². The van der Waals surface area contributed by atoms with Crippen molar-refractivity contribution >= 4 is 11.9 Å². The van der Waals surface area contributed by atoms with E-state index in [-0.39, 0.29) is 19.0 Å². The second-order valence-electron chi connectivity index (χ2n) is 3.89. The first-order chi connectivity index (χ1) is 8.74. The topological polar surface area (TPSA) is 71.1 Å². The summed E-state index contributed by atoms with van der Waals surface area (Å²) in [7, 11) is 0. The zero-order chi connectivity index (χ0) is 13.2. The molecule has 104 valence electrons. The summed E-state index contributed by atoms with van der Waals surface area (Å²) in [6.45, 7) is 3.93. The molecule has 6 heteroatoms. The third kappa shape index (κ3) is 5.97. The molecule has 1 aliphatic heterocycles. The summed E-state index contributed by atoms with van der Waals surface area (Å²) in [4.78, 5) is 23.1. The number of ether oxygens (including phenoxy) is 4. The number of cyclic esters (lactones) is 1. The van der Waals surface area contributed by atoms with E-state index < -0.39 is 11.9 Å². The van der Waals surface area contributed by atoms with Crippen LogP contribution < -0.4 is 0 Å². The highest BCUT2D eigenvalue weighted by molar-refractivity contribution is 5.79. The maximum absolute atomic E-state index is 11.7. The molecule has 6 nitrogen and oxygen atoms in total. The van der Waals surface area contributed by atoms with E-state index in [1.165, 1.54) is 0 Å². The smallest absolute Gasteiger partial charge is 0.309 e. The maximum atomic E-state index is 11.7. The van der Waals surface area contributed by atoms with Crippen molar-refractivity contribution in [1.82, 2.24) is 0 Å². The third-order valence-electron chi connectivity index (χ3n) is 2.51. The largest absolute Gasteiger partial charge is 0.466 e. The fourth-order valence-electron chi connectivity index (χ4n) is 1.59. The summed E-state index contributed by atoms with van der Waals surface area (Å²) < 4.78 is 20.4. The Balaban J connectivity index is 2.49. The van der Waals surface area contributed by atoms with Crippen molar-refractivity contribution in [1.29, 1.82) is 0 Å². The van der Waals surface area contributed by atoms with E-state index in [2.05, 4.69) is 0 Å². The van der Waals surface area contributed by atoms with Crippen LogP contribution in [0.5, 0.6) is 0 Å². The normalized spacial score (nSPS) is 23.4. The Morgan fingerprint density at radius 1 is 1.22 bits per heavy atom. The molecule has 0 aromatic carbocycles. The van der Waals surface area contributed by atoms with Crippen molar-refractivity contribution in [3.63, 3.8) is 0 Å². The Labute approximate surface area is 107 Å². The number of hydrogen-bond donors (Lipinski definition) is 0. The van der Waals surface area contributed by atoms with Crippen LogP contribution in [0.1, 0.15) is 19.8 Å². The van der Waals surface area contributed by atoms with Gasteiger partial charge in [0.25, 0.3) is 0 Å². The monoisotopic (exact) mass is 260 g/mol. The quantitative estimate of drug-likeness (QED) is 0.675. The first-order valence-corrected chi connectivity index (χ1v) is 6.21. The molecule has 1 rings (SSSR count). The van der Waals surface area contributed by atoms with Crippen LogP contribution in [-0.4, -0.2) is 51.6 Å². The highest BCUT2D eigenvalue weighted by atomic mass is 16.6. The van der Waals surface area contributed by atoms with Gasteiger partial charge in [-0.1, -0.05) is 0 Å². The molecular formula is C12H20O6. The van der Waals surface area contributed by atoms with E-state index in [9.17, 15) is 9.59 Å². The molecule has 1 fully saturated rings. The highest BCUT2D eigenvalue weighted by Crippen LogP contribution is 2.13. The number of esters is 2. The van der Waals surface area contributed by atoms with Gasteiger partial charge in [0.05, 0.1) is 38.8 Å². The lowest BCUT2D eigenvalue weighted by molar-refractivity contribution is -0.156. The predicted molar refractivity (Wildman–Crippen MR) is 62.0 cm³/mol. The standard InChI is InChI=1S/C12H20O6/c1-2-17-12(14)10-3-4-15-5-6-16-7-8-18-11(13)9-10/h10H,2-9H2,1H3. The molecule has 18 heavy (non-hydrogen) atoms. The second kappa shape index (κ2) is 8.88. The lowest BCUT2D eigenvalue weighted by Gasteiger charge is -2.16. The molecular weight excluding hydrogens is 240 g/mol. The number of rotatable bonds is 2. The van der Waals surface area contributed by atoms with Crippen LogP contribution in [0.15, 0.2) is 0 Å². The van der Waals surface area contributed by atoms with E-state index in [1.54, 1.807) is 6.92 Å². The van der Waals surface area contributed by atoms with Gasteiger partial charge in [0.15, 0.2) is 0 Å². The Hall–Kier alpha value is -1.14. The molecule has 1 saturated heterocycles. The molecule has 0 aromatic heterocycles. The number of carbonyl (C=O) groups is 2. The van der Waals surface area contributed by atoms with Gasteiger partial charge in [0.2, 0.25) is 0 Å². The summed E-state index contributed by atoms with van der Waals surface area (Å²) in [5.74, 6) is -1.26. The lowest BCUT2D eigenvalue weighted by Crippen LogP contribution is -2.25. The van der Waals surface area contributed by atoms with Gasteiger partial charge in [0, 0.05) is 6.61 Å². The zero-order valence-corrected chi connectivity index (χ0v) is 10.7. The fraction of sp³-hybridized carbons (Fsp3) is 0.833. The van der Waals surface area contributed by atoms with Crippen LogP contribution in [-0.2, 0) is 28.5 Å². The molecule has 0 aromatic rings.